The molecule has 19 heavy (non-hydrogen) atoms. The molecule has 0 saturated heterocycles. The van der Waals surface area contributed by atoms with Gasteiger partial charge in [-0.2, -0.15) is 0 Å². The van der Waals surface area contributed by atoms with Crippen LogP contribution in [0.3, 0.4) is 0 Å². The molecule has 4 nitrogen and oxygen atoms in total. The van der Waals surface area contributed by atoms with Crippen LogP contribution in [0.15, 0.2) is 16.6 Å². The number of hydrogen-bond donors (Lipinski definition) is 0. The molecule has 0 amide bonds. The minimum absolute atomic E-state index is 0.202. The summed E-state index contributed by atoms with van der Waals surface area (Å²) in [6.07, 6.45) is 0.547. The Morgan fingerprint density at radius 2 is 1.89 bits per heavy atom. The summed E-state index contributed by atoms with van der Waals surface area (Å²) in [4.78, 5) is 11.7. The molecule has 0 aliphatic heterocycles. The molecular formula is C14H19BrO4. The molecule has 0 spiro atoms. The Balaban J connectivity index is 2.95. The van der Waals surface area contributed by atoms with Gasteiger partial charge in [0.25, 0.3) is 0 Å². The number of halogens is 1. The fraction of sp³-hybridized carbons (Fsp3) is 0.500. The maximum absolute atomic E-state index is 11.7. The lowest BCUT2D eigenvalue weighted by Crippen LogP contribution is -2.17. The Hall–Kier alpha value is -1.23. The van der Waals surface area contributed by atoms with E-state index in [1.807, 2.05) is 19.1 Å². The Kier molecular flexibility index (Phi) is 6.15. The van der Waals surface area contributed by atoms with Crippen LogP contribution in [0.5, 0.6) is 11.5 Å². The predicted molar refractivity (Wildman–Crippen MR) is 76.7 cm³/mol. The van der Waals surface area contributed by atoms with Crippen LogP contribution in [0, 0.1) is 5.92 Å². The van der Waals surface area contributed by atoms with E-state index in [4.69, 9.17) is 14.2 Å². The highest BCUT2D eigenvalue weighted by Gasteiger charge is 2.18. The SMILES string of the molecule is CCOC(=O)C(C)Cc1cc(OC)c(Br)cc1OC. The average molecular weight is 331 g/mol. The fourth-order valence-electron chi connectivity index (χ4n) is 1.78. The van der Waals surface area contributed by atoms with E-state index in [2.05, 4.69) is 15.9 Å². The van der Waals surface area contributed by atoms with Crippen LogP contribution in [-0.2, 0) is 16.0 Å². The third-order valence-electron chi connectivity index (χ3n) is 2.77. The van der Waals surface area contributed by atoms with Gasteiger partial charge in [0.2, 0.25) is 0 Å². The Morgan fingerprint density at radius 3 is 2.42 bits per heavy atom. The summed E-state index contributed by atoms with van der Waals surface area (Å²) in [5.74, 6) is 1.02. The summed E-state index contributed by atoms with van der Waals surface area (Å²) in [6.45, 7) is 4.03. The van der Waals surface area contributed by atoms with Crippen molar-refractivity contribution in [1.82, 2.24) is 0 Å². The van der Waals surface area contributed by atoms with E-state index in [1.54, 1.807) is 21.1 Å². The van der Waals surface area contributed by atoms with Crippen molar-refractivity contribution in [3.63, 3.8) is 0 Å². The van der Waals surface area contributed by atoms with Crippen molar-refractivity contribution in [1.29, 1.82) is 0 Å². The van der Waals surface area contributed by atoms with E-state index < -0.39 is 0 Å². The van der Waals surface area contributed by atoms with E-state index in [0.717, 1.165) is 15.8 Å². The average Bonchev–Trinajstić information content (AvgIpc) is 2.40. The maximum Gasteiger partial charge on any atom is 0.308 e. The molecule has 0 saturated carbocycles. The first kappa shape index (κ1) is 15.8. The summed E-state index contributed by atoms with van der Waals surface area (Å²) in [5.41, 5.74) is 0.920. The molecule has 0 radical (unpaired) electrons. The third kappa shape index (κ3) is 4.13. The first-order chi connectivity index (χ1) is 9.03. The molecule has 1 aromatic rings. The van der Waals surface area contributed by atoms with Crippen molar-refractivity contribution in [2.45, 2.75) is 20.3 Å². The van der Waals surface area contributed by atoms with Crippen molar-refractivity contribution in [2.24, 2.45) is 5.92 Å². The molecule has 106 valence electrons. The van der Waals surface area contributed by atoms with Crippen molar-refractivity contribution in [3.05, 3.63) is 22.2 Å². The van der Waals surface area contributed by atoms with Crippen molar-refractivity contribution in [3.8, 4) is 11.5 Å². The Labute approximate surface area is 122 Å². The molecule has 0 aliphatic rings. The lowest BCUT2D eigenvalue weighted by molar-refractivity contribution is -0.147. The molecule has 1 unspecified atom stereocenters. The van der Waals surface area contributed by atoms with Gasteiger partial charge < -0.3 is 14.2 Å². The molecule has 0 heterocycles. The predicted octanol–water partition coefficient (Wildman–Crippen LogP) is 3.21. The largest absolute Gasteiger partial charge is 0.496 e. The second-order valence-electron chi connectivity index (χ2n) is 4.16. The Morgan fingerprint density at radius 1 is 1.26 bits per heavy atom. The number of carbonyl (C=O) groups excluding carboxylic acids is 1. The smallest absolute Gasteiger partial charge is 0.308 e. The number of esters is 1. The van der Waals surface area contributed by atoms with Crippen LogP contribution >= 0.6 is 15.9 Å². The molecule has 0 fully saturated rings. The van der Waals surface area contributed by atoms with Gasteiger partial charge in [-0.3, -0.25) is 4.79 Å². The standard InChI is InChI=1S/C14H19BrO4/c1-5-19-14(16)9(2)6-10-7-13(18-4)11(15)8-12(10)17-3/h7-9H,5-6H2,1-4H3. The van der Waals surface area contributed by atoms with E-state index in [1.165, 1.54) is 0 Å². The molecule has 0 bridgehead atoms. The highest BCUT2D eigenvalue weighted by molar-refractivity contribution is 9.10. The van der Waals surface area contributed by atoms with Gasteiger partial charge in [0.15, 0.2) is 0 Å². The number of carbonyl (C=O) groups is 1. The van der Waals surface area contributed by atoms with Gasteiger partial charge in [-0.1, -0.05) is 6.92 Å². The first-order valence-electron chi connectivity index (χ1n) is 6.10. The van der Waals surface area contributed by atoms with Crippen LogP contribution in [0.25, 0.3) is 0 Å². The highest BCUT2D eigenvalue weighted by Crippen LogP contribution is 2.34. The molecule has 1 rings (SSSR count). The number of benzene rings is 1. The van der Waals surface area contributed by atoms with Gasteiger partial charge in [0, 0.05) is 0 Å². The van der Waals surface area contributed by atoms with E-state index >= 15 is 0 Å². The number of ether oxygens (including phenoxy) is 3. The number of rotatable bonds is 6. The van der Waals surface area contributed by atoms with E-state index in [9.17, 15) is 4.79 Å². The lowest BCUT2D eigenvalue weighted by Gasteiger charge is -2.15. The van der Waals surface area contributed by atoms with Crippen molar-refractivity contribution < 1.29 is 19.0 Å². The van der Waals surface area contributed by atoms with Crippen LogP contribution in [0.1, 0.15) is 19.4 Å². The maximum atomic E-state index is 11.7. The zero-order chi connectivity index (χ0) is 14.4. The van der Waals surface area contributed by atoms with Crippen LogP contribution < -0.4 is 9.47 Å². The fourth-order valence-corrected chi connectivity index (χ4v) is 2.27. The topological polar surface area (TPSA) is 44.8 Å². The summed E-state index contributed by atoms with van der Waals surface area (Å²) < 4.78 is 16.4. The van der Waals surface area contributed by atoms with Gasteiger partial charge >= 0.3 is 5.97 Å². The van der Waals surface area contributed by atoms with E-state index in [-0.39, 0.29) is 11.9 Å². The first-order valence-corrected chi connectivity index (χ1v) is 6.89. The van der Waals surface area contributed by atoms with Gasteiger partial charge in [-0.15, -0.1) is 0 Å². The molecule has 5 heteroatoms. The van der Waals surface area contributed by atoms with Crippen molar-refractivity contribution >= 4 is 21.9 Å². The van der Waals surface area contributed by atoms with Crippen molar-refractivity contribution in [2.75, 3.05) is 20.8 Å². The zero-order valence-electron chi connectivity index (χ0n) is 11.7. The Bertz CT molecular complexity index is 445. The van der Waals surface area contributed by atoms with Crippen LogP contribution in [-0.4, -0.2) is 26.8 Å². The van der Waals surface area contributed by atoms with E-state index in [0.29, 0.717) is 18.8 Å². The summed E-state index contributed by atoms with van der Waals surface area (Å²) in [5, 5.41) is 0. The zero-order valence-corrected chi connectivity index (χ0v) is 13.2. The van der Waals surface area contributed by atoms with Gasteiger partial charge in [0.05, 0.1) is 31.2 Å². The second kappa shape index (κ2) is 7.38. The molecule has 1 atom stereocenters. The molecule has 0 aromatic heterocycles. The highest BCUT2D eigenvalue weighted by atomic mass is 79.9. The summed E-state index contributed by atoms with van der Waals surface area (Å²) in [7, 11) is 3.21. The number of methoxy groups -OCH3 is 2. The second-order valence-corrected chi connectivity index (χ2v) is 5.01. The lowest BCUT2D eigenvalue weighted by atomic mass is 10.00. The quantitative estimate of drug-likeness (QED) is 0.751. The number of hydrogen-bond acceptors (Lipinski definition) is 4. The monoisotopic (exact) mass is 330 g/mol. The third-order valence-corrected chi connectivity index (χ3v) is 3.39. The normalized spacial score (nSPS) is 11.8. The minimum atomic E-state index is -0.222. The van der Waals surface area contributed by atoms with Crippen LogP contribution in [0.2, 0.25) is 0 Å². The van der Waals surface area contributed by atoms with Gasteiger partial charge in [-0.25, -0.2) is 0 Å². The summed E-state index contributed by atoms with van der Waals surface area (Å²) >= 11 is 3.41. The summed E-state index contributed by atoms with van der Waals surface area (Å²) in [6, 6.07) is 3.71. The molecule has 0 N–H and O–H groups in total. The van der Waals surface area contributed by atoms with Crippen LogP contribution in [0.4, 0.5) is 0 Å². The molecular weight excluding hydrogens is 312 g/mol. The van der Waals surface area contributed by atoms with Gasteiger partial charge in [0.1, 0.15) is 11.5 Å². The van der Waals surface area contributed by atoms with Gasteiger partial charge in [-0.05, 0) is 47.0 Å². The minimum Gasteiger partial charge on any atom is -0.496 e. The molecule has 0 aliphatic carbocycles. The molecule has 1 aromatic carbocycles.